The van der Waals surface area contributed by atoms with E-state index >= 15 is 0 Å². The van der Waals surface area contributed by atoms with E-state index in [4.69, 9.17) is 12.2 Å². The number of rotatable bonds is 2. The quantitative estimate of drug-likeness (QED) is 0.514. The lowest BCUT2D eigenvalue weighted by molar-refractivity contribution is -0.121. The standard InChI is InChI=1S/C19H13NO2S2/c1-2-20-18(22)15(24-19(20)23)10-11-6-5-9-14-16(11)12-7-3-4-8-13(12)17(14)21/h3-10H,2H2,1H3. The molecule has 0 bridgehead atoms. The molecule has 118 valence electrons. The Hall–Kier alpha value is -2.24. The fourth-order valence-electron chi connectivity index (χ4n) is 3.14. The van der Waals surface area contributed by atoms with Crippen molar-refractivity contribution in [2.24, 2.45) is 0 Å². The average molecular weight is 351 g/mol. The topological polar surface area (TPSA) is 37.4 Å². The maximum atomic E-state index is 12.6. The minimum absolute atomic E-state index is 0.0388. The molecule has 0 unspecified atom stereocenters. The van der Waals surface area contributed by atoms with Gasteiger partial charge in [0.05, 0.1) is 4.91 Å². The average Bonchev–Trinajstić information content (AvgIpc) is 3.03. The van der Waals surface area contributed by atoms with Gasteiger partial charge in [-0.2, -0.15) is 0 Å². The van der Waals surface area contributed by atoms with Gasteiger partial charge >= 0.3 is 0 Å². The molecule has 0 aromatic heterocycles. The van der Waals surface area contributed by atoms with Crippen LogP contribution in [0.2, 0.25) is 0 Å². The summed E-state index contributed by atoms with van der Waals surface area (Å²) in [4.78, 5) is 27.2. The van der Waals surface area contributed by atoms with Gasteiger partial charge in [0.2, 0.25) is 0 Å². The molecule has 2 aliphatic rings. The van der Waals surface area contributed by atoms with E-state index in [9.17, 15) is 9.59 Å². The van der Waals surface area contributed by atoms with Crippen LogP contribution in [-0.4, -0.2) is 27.5 Å². The normalized spacial score (nSPS) is 17.6. The molecule has 2 aromatic rings. The Kier molecular flexibility index (Phi) is 3.62. The summed E-state index contributed by atoms with van der Waals surface area (Å²) in [6, 6.07) is 13.2. The van der Waals surface area contributed by atoms with Gasteiger partial charge in [-0.25, -0.2) is 0 Å². The van der Waals surface area contributed by atoms with Crippen LogP contribution in [-0.2, 0) is 4.79 Å². The van der Waals surface area contributed by atoms with Crippen LogP contribution >= 0.6 is 24.0 Å². The molecule has 5 heteroatoms. The molecule has 4 rings (SSSR count). The highest BCUT2D eigenvalue weighted by Crippen LogP contribution is 2.41. The van der Waals surface area contributed by atoms with Gasteiger partial charge < -0.3 is 0 Å². The Morgan fingerprint density at radius 3 is 2.46 bits per heavy atom. The van der Waals surface area contributed by atoms with E-state index in [2.05, 4.69) is 0 Å². The molecular formula is C19H13NO2S2. The van der Waals surface area contributed by atoms with E-state index in [0.29, 0.717) is 21.3 Å². The molecular weight excluding hydrogens is 338 g/mol. The van der Waals surface area contributed by atoms with Crippen LogP contribution in [0.15, 0.2) is 47.4 Å². The molecule has 0 radical (unpaired) electrons. The first kappa shape index (κ1) is 15.3. The Balaban J connectivity index is 1.87. The number of carbonyl (C=O) groups excluding carboxylic acids is 2. The van der Waals surface area contributed by atoms with E-state index in [0.717, 1.165) is 22.3 Å². The number of nitrogens with zero attached hydrogens (tertiary/aromatic N) is 1. The van der Waals surface area contributed by atoms with Gasteiger partial charge in [0, 0.05) is 23.2 Å². The first-order valence-corrected chi connectivity index (χ1v) is 8.86. The molecule has 1 saturated heterocycles. The minimum atomic E-state index is -0.0669. The van der Waals surface area contributed by atoms with Crippen molar-refractivity contribution in [3.63, 3.8) is 0 Å². The van der Waals surface area contributed by atoms with Crippen LogP contribution in [0.3, 0.4) is 0 Å². The lowest BCUT2D eigenvalue weighted by Gasteiger charge is -2.09. The zero-order chi connectivity index (χ0) is 16.8. The van der Waals surface area contributed by atoms with Crippen LogP contribution < -0.4 is 0 Å². The number of likely N-dealkylation sites (N-methyl/N-ethyl adjacent to an activating group) is 1. The van der Waals surface area contributed by atoms with E-state index in [1.54, 1.807) is 4.90 Å². The second-order valence-electron chi connectivity index (χ2n) is 5.57. The summed E-state index contributed by atoms with van der Waals surface area (Å²) < 4.78 is 0.581. The largest absolute Gasteiger partial charge is 0.293 e. The number of hydrogen-bond donors (Lipinski definition) is 0. The second-order valence-corrected chi connectivity index (χ2v) is 7.25. The molecule has 0 N–H and O–H groups in total. The highest BCUT2D eigenvalue weighted by atomic mass is 32.2. The SMILES string of the molecule is CCN1C(=O)C(=Cc2cccc3c2-c2ccccc2C3=O)SC1=S. The highest BCUT2D eigenvalue weighted by molar-refractivity contribution is 8.26. The summed E-state index contributed by atoms with van der Waals surface area (Å²) in [5.41, 5.74) is 4.11. The molecule has 24 heavy (non-hydrogen) atoms. The lowest BCUT2D eigenvalue weighted by atomic mass is 9.99. The van der Waals surface area contributed by atoms with Crippen molar-refractivity contribution >= 4 is 46.1 Å². The van der Waals surface area contributed by atoms with E-state index in [-0.39, 0.29) is 11.7 Å². The first-order valence-electron chi connectivity index (χ1n) is 7.64. The number of carbonyl (C=O) groups is 2. The van der Waals surface area contributed by atoms with Gasteiger partial charge in [0.1, 0.15) is 4.32 Å². The van der Waals surface area contributed by atoms with Crippen LogP contribution in [0.25, 0.3) is 17.2 Å². The molecule has 1 heterocycles. The van der Waals surface area contributed by atoms with Crippen molar-refractivity contribution in [1.29, 1.82) is 0 Å². The highest BCUT2D eigenvalue weighted by Gasteiger charge is 2.32. The Morgan fingerprint density at radius 1 is 1.04 bits per heavy atom. The molecule has 1 fully saturated rings. The maximum Gasteiger partial charge on any atom is 0.266 e. The van der Waals surface area contributed by atoms with Gasteiger partial charge in [-0.15, -0.1) is 0 Å². The van der Waals surface area contributed by atoms with Gasteiger partial charge in [0.25, 0.3) is 5.91 Å². The fraction of sp³-hybridized carbons (Fsp3) is 0.105. The van der Waals surface area contributed by atoms with Gasteiger partial charge in [0.15, 0.2) is 5.78 Å². The van der Waals surface area contributed by atoms with Gasteiger partial charge in [-0.1, -0.05) is 66.4 Å². The van der Waals surface area contributed by atoms with Gasteiger partial charge in [-0.05, 0) is 24.1 Å². The minimum Gasteiger partial charge on any atom is -0.293 e. The smallest absolute Gasteiger partial charge is 0.266 e. The van der Waals surface area contributed by atoms with Crippen molar-refractivity contribution in [3.8, 4) is 11.1 Å². The third-order valence-electron chi connectivity index (χ3n) is 4.26. The Labute approximate surface area is 149 Å². The third-order valence-corrected chi connectivity index (χ3v) is 5.64. The van der Waals surface area contributed by atoms with Crippen LogP contribution in [0.4, 0.5) is 0 Å². The molecule has 1 aliphatic heterocycles. The van der Waals surface area contributed by atoms with Crippen molar-refractivity contribution in [2.75, 3.05) is 6.54 Å². The van der Waals surface area contributed by atoms with E-state index < -0.39 is 0 Å². The van der Waals surface area contributed by atoms with Crippen molar-refractivity contribution in [1.82, 2.24) is 4.90 Å². The zero-order valence-electron chi connectivity index (χ0n) is 12.9. The summed E-state index contributed by atoms with van der Waals surface area (Å²) in [6.45, 7) is 2.47. The number of thioether (sulfide) groups is 1. The van der Waals surface area contributed by atoms with Crippen LogP contribution in [0.5, 0.6) is 0 Å². The zero-order valence-corrected chi connectivity index (χ0v) is 14.5. The van der Waals surface area contributed by atoms with Crippen molar-refractivity contribution in [2.45, 2.75) is 6.92 Å². The number of ketones is 1. The number of thiocarbonyl (C=S) groups is 1. The van der Waals surface area contributed by atoms with Gasteiger partial charge in [-0.3, -0.25) is 14.5 Å². The molecule has 2 aromatic carbocycles. The van der Waals surface area contributed by atoms with Crippen molar-refractivity contribution < 1.29 is 9.59 Å². The third kappa shape index (κ3) is 2.16. The summed E-state index contributed by atoms with van der Waals surface area (Å²) in [7, 11) is 0. The molecule has 0 spiro atoms. The van der Waals surface area contributed by atoms with Crippen molar-refractivity contribution in [3.05, 3.63) is 64.1 Å². The van der Waals surface area contributed by atoms with E-state index in [1.807, 2.05) is 55.5 Å². The summed E-state index contributed by atoms with van der Waals surface area (Å²) in [5.74, 6) is -0.0281. The summed E-state index contributed by atoms with van der Waals surface area (Å²) in [6.07, 6.45) is 1.85. The Bertz CT molecular complexity index is 946. The maximum absolute atomic E-state index is 12.6. The summed E-state index contributed by atoms with van der Waals surface area (Å²) >= 11 is 6.58. The first-order chi connectivity index (χ1) is 11.6. The summed E-state index contributed by atoms with van der Waals surface area (Å²) in [5, 5.41) is 0. The monoisotopic (exact) mass is 351 g/mol. The second kappa shape index (κ2) is 5.69. The predicted octanol–water partition coefficient (Wildman–Crippen LogP) is 4.12. The van der Waals surface area contributed by atoms with Crippen LogP contribution in [0, 0.1) is 0 Å². The predicted molar refractivity (Wildman–Crippen MR) is 101 cm³/mol. The Morgan fingerprint density at radius 2 is 1.75 bits per heavy atom. The lowest BCUT2D eigenvalue weighted by Crippen LogP contribution is -2.27. The molecule has 0 atom stereocenters. The number of amides is 1. The molecule has 1 amide bonds. The fourth-order valence-corrected chi connectivity index (χ4v) is 4.51. The molecule has 0 saturated carbocycles. The molecule has 3 nitrogen and oxygen atoms in total. The molecule has 1 aliphatic carbocycles. The number of hydrogen-bond acceptors (Lipinski definition) is 4. The van der Waals surface area contributed by atoms with Crippen LogP contribution in [0.1, 0.15) is 28.4 Å². The number of fused-ring (bicyclic) bond motifs is 3. The number of benzene rings is 2. The van der Waals surface area contributed by atoms with E-state index in [1.165, 1.54) is 11.8 Å².